The van der Waals surface area contributed by atoms with Gasteiger partial charge in [-0.1, -0.05) is 18.2 Å². The SMILES string of the molecule is CN(C)S(=O)(=O)C[C@@H]1COC[C@@H]1NC(=O)Cc1ccccc1O. The van der Waals surface area contributed by atoms with E-state index in [4.69, 9.17) is 4.74 Å². The molecule has 1 saturated heterocycles. The van der Waals surface area contributed by atoms with E-state index in [0.717, 1.165) is 0 Å². The first-order valence-electron chi connectivity index (χ1n) is 7.34. The second-order valence-corrected chi connectivity index (χ2v) is 8.07. The van der Waals surface area contributed by atoms with Gasteiger partial charge in [-0.3, -0.25) is 4.79 Å². The van der Waals surface area contributed by atoms with Gasteiger partial charge in [0, 0.05) is 25.6 Å². The van der Waals surface area contributed by atoms with Crippen LogP contribution in [0, 0.1) is 5.92 Å². The van der Waals surface area contributed by atoms with E-state index in [1.807, 2.05) is 0 Å². The van der Waals surface area contributed by atoms with Crippen molar-refractivity contribution in [2.24, 2.45) is 5.92 Å². The van der Waals surface area contributed by atoms with Crippen LogP contribution in [-0.4, -0.2) is 62.8 Å². The van der Waals surface area contributed by atoms with Crippen LogP contribution >= 0.6 is 0 Å². The van der Waals surface area contributed by atoms with E-state index in [1.54, 1.807) is 18.2 Å². The van der Waals surface area contributed by atoms with E-state index >= 15 is 0 Å². The number of phenols is 1. The van der Waals surface area contributed by atoms with Crippen LogP contribution in [0.2, 0.25) is 0 Å². The number of amides is 1. The highest BCUT2D eigenvalue weighted by atomic mass is 32.2. The summed E-state index contributed by atoms with van der Waals surface area (Å²) in [5, 5.41) is 12.5. The maximum absolute atomic E-state index is 12.1. The van der Waals surface area contributed by atoms with Crippen LogP contribution in [0.1, 0.15) is 5.56 Å². The Morgan fingerprint density at radius 3 is 2.70 bits per heavy atom. The number of nitrogens with zero attached hydrogens (tertiary/aromatic N) is 1. The minimum absolute atomic E-state index is 0.0380. The number of para-hydroxylation sites is 1. The largest absolute Gasteiger partial charge is 0.508 e. The Kier molecular flexibility index (Phi) is 5.61. The first-order chi connectivity index (χ1) is 10.8. The van der Waals surface area contributed by atoms with Crippen molar-refractivity contribution < 1.29 is 23.1 Å². The lowest BCUT2D eigenvalue weighted by molar-refractivity contribution is -0.121. The summed E-state index contributed by atoms with van der Waals surface area (Å²) in [4.78, 5) is 12.1. The van der Waals surface area contributed by atoms with Crippen LogP contribution in [0.5, 0.6) is 5.75 Å². The van der Waals surface area contributed by atoms with Gasteiger partial charge in [0.2, 0.25) is 15.9 Å². The summed E-state index contributed by atoms with van der Waals surface area (Å²) in [6.07, 6.45) is 0.0380. The maximum atomic E-state index is 12.1. The minimum atomic E-state index is -3.35. The van der Waals surface area contributed by atoms with E-state index < -0.39 is 10.0 Å². The molecule has 2 N–H and O–H groups in total. The van der Waals surface area contributed by atoms with Gasteiger partial charge in [0.1, 0.15) is 5.75 Å². The van der Waals surface area contributed by atoms with Crippen molar-refractivity contribution in [3.63, 3.8) is 0 Å². The number of rotatable bonds is 6. The Hall–Kier alpha value is -1.64. The number of aromatic hydroxyl groups is 1. The highest BCUT2D eigenvalue weighted by Crippen LogP contribution is 2.19. The van der Waals surface area contributed by atoms with Crippen molar-refractivity contribution in [3.8, 4) is 5.75 Å². The van der Waals surface area contributed by atoms with Gasteiger partial charge in [0.05, 0.1) is 31.4 Å². The smallest absolute Gasteiger partial charge is 0.224 e. The number of benzene rings is 1. The minimum Gasteiger partial charge on any atom is -0.508 e. The summed E-state index contributed by atoms with van der Waals surface area (Å²) in [5.41, 5.74) is 0.529. The molecule has 1 aliphatic heterocycles. The van der Waals surface area contributed by atoms with Gasteiger partial charge < -0.3 is 15.2 Å². The number of carbonyl (C=O) groups is 1. The van der Waals surface area contributed by atoms with Crippen molar-refractivity contribution >= 4 is 15.9 Å². The molecule has 0 saturated carbocycles. The second kappa shape index (κ2) is 7.29. The molecule has 1 aromatic rings. The van der Waals surface area contributed by atoms with Crippen LogP contribution in [0.4, 0.5) is 0 Å². The molecule has 0 bridgehead atoms. The number of ether oxygens (including phenoxy) is 1. The van der Waals surface area contributed by atoms with E-state index in [0.29, 0.717) is 18.8 Å². The lowest BCUT2D eigenvalue weighted by Gasteiger charge is -2.21. The Morgan fingerprint density at radius 1 is 1.35 bits per heavy atom. The molecule has 2 rings (SSSR count). The number of carbonyl (C=O) groups excluding carboxylic acids is 1. The molecule has 1 amide bonds. The molecule has 0 unspecified atom stereocenters. The number of sulfonamides is 1. The van der Waals surface area contributed by atoms with Gasteiger partial charge in [-0.15, -0.1) is 0 Å². The van der Waals surface area contributed by atoms with E-state index in [-0.39, 0.29) is 35.8 Å². The van der Waals surface area contributed by atoms with Gasteiger partial charge in [0.25, 0.3) is 0 Å². The van der Waals surface area contributed by atoms with E-state index in [2.05, 4.69) is 5.32 Å². The summed E-state index contributed by atoms with van der Waals surface area (Å²) in [6.45, 7) is 0.592. The molecule has 1 aliphatic rings. The standard InChI is InChI=1S/C15H22N2O5S/c1-17(2)23(20,21)10-12-8-22-9-13(12)16-15(19)7-11-5-3-4-6-14(11)18/h3-6,12-13,18H,7-10H2,1-2H3,(H,16,19)/t12-,13-/m0/s1. The predicted molar refractivity (Wildman–Crippen MR) is 85.5 cm³/mol. The molecular formula is C15H22N2O5S. The molecule has 0 radical (unpaired) electrons. The monoisotopic (exact) mass is 342 g/mol. The van der Waals surface area contributed by atoms with Crippen molar-refractivity contribution in [1.29, 1.82) is 0 Å². The van der Waals surface area contributed by atoms with Crippen molar-refractivity contribution in [2.45, 2.75) is 12.5 Å². The number of phenolic OH excluding ortho intramolecular Hbond substituents is 1. The highest BCUT2D eigenvalue weighted by Gasteiger charge is 2.34. The zero-order valence-corrected chi connectivity index (χ0v) is 14.0. The Balaban J connectivity index is 1.96. The summed E-state index contributed by atoms with van der Waals surface area (Å²) < 4.78 is 30.5. The van der Waals surface area contributed by atoms with Crippen molar-refractivity contribution in [1.82, 2.24) is 9.62 Å². The lowest BCUT2D eigenvalue weighted by Crippen LogP contribution is -2.44. The number of hydrogen-bond donors (Lipinski definition) is 2. The molecule has 1 fully saturated rings. The van der Waals surface area contributed by atoms with Gasteiger partial charge in [-0.2, -0.15) is 0 Å². The lowest BCUT2D eigenvalue weighted by atomic mass is 10.1. The zero-order chi connectivity index (χ0) is 17.0. The fraction of sp³-hybridized carbons (Fsp3) is 0.533. The molecule has 0 aliphatic carbocycles. The van der Waals surface area contributed by atoms with Crippen LogP contribution in [0.25, 0.3) is 0 Å². The molecule has 8 heteroatoms. The number of nitrogens with one attached hydrogen (secondary N) is 1. The van der Waals surface area contributed by atoms with Crippen LogP contribution in [0.3, 0.4) is 0 Å². The van der Waals surface area contributed by atoms with Gasteiger partial charge in [-0.25, -0.2) is 12.7 Å². The molecule has 2 atom stereocenters. The Bertz CT molecular complexity index is 660. The Morgan fingerprint density at radius 2 is 2.04 bits per heavy atom. The highest BCUT2D eigenvalue weighted by molar-refractivity contribution is 7.89. The third-order valence-electron chi connectivity index (χ3n) is 3.87. The molecule has 1 heterocycles. The van der Waals surface area contributed by atoms with Gasteiger partial charge >= 0.3 is 0 Å². The molecular weight excluding hydrogens is 320 g/mol. The average Bonchev–Trinajstić information content (AvgIpc) is 2.87. The van der Waals surface area contributed by atoms with Crippen molar-refractivity contribution in [2.75, 3.05) is 33.1 Å². The summed E-state index contributed by atoms with van der Waals surface area (Å²) in [5.74, 6) is -0.552. The first-order valence-corrected chi connectivity index (χ1v) is 8.94. The topological polar surface area (TPSA) is 95.9 Å². The van der Waals surface area contributed by atoms with Crippen LogP contribution < -0.4 is 5.32 Å². The van der Waals surface area contributed by atoms with E-state index in [1.165, 1.54) is 24.5 Å². The predicted octanol–water partition coefficient (Wildman–Crippen LogP) is -0.0427. The molecule has 7 nitrogen and oxygen atoms in total. The third kappa shape index (κ3) is 4.66. The van der Waals surface area contributed by atoms with Gasteiger partial charge in [0.15, 0.2) is 0 Å². The maximum Gasteiger partial charge on any atom is 0.224 e. The quantitative estimate of drug-likeness (QED) is 0.756. The normalized spacial score (nSPS) is 21.5. The molecule has 1 aromatic carbocycles. The average molecular weight is 342 g/mol. The summed E-state index contributed by atoms with van der Waals surface area (Å²) >= 11 is 0. The zero-order valence-electron chi connectivity index (χ0n) is 13.2. The van der Waals surface area contributed by atoms with Crippen molar-refractivity contribution in [3.05, 3.63) is 29.8 Å². The summed E-state index contributed by atoms with van der Waals surface area (Å²) in [6, 6.07) is 6.28. The molecule has 0 aromatic heterocycles. The Labute approximate surface area is 136 Å². The van der Waals surface area contributed by atoms with E-state index in [9.17, 15) is 18.3 Å². The fourth-order valence-corrected chi connectivity index (χ4v) is 3.60. The molecule has 0 spiro atoms. The van der Waals surface area contributed by atoms with Crippen LogP contribution in [-0.2, 0) is 26.0 Å². The second-order valence-electron chi connectivity index (χ2n) is 5.84. The van der Waals surface area contributed by atoms with Crippen LogP contribution in [0.15, 0.2) is 24.3 Å². The first kappa shape index (κ1) is 17.7. The molecule has 23 heavy (non-hydrogen) atoms. The molecule has 128 valence electrons. The fourth-order valence-electron chi connectivity index (χ4n) is 2.43. The third-order valence-corrected chi connectivity index (χ3v) is 5.83. The number of hydrogen-bond acceptors (Lipinski definition) is 5. The van der Waals surface area contributed by atoms with Gasteiger partial charge in [-0.05, 0) is 6.07 Å². The summed E-state index contributed by atoms with van der Waals surface area (Å²) in [7, 11) is -0.388.